The Kier molecular flexibility index (Phi) is 3.11. The first-order valence-corrected chi connectivity index (χ1v) is 7.22. The molecule has 16 heavy (non-hydrogen) atoms. The minimum Gasteiger partial charge on any atom is -0.314 e. The molecule has 0 bridgehead atoms. The summed E-state index contributed by atoms with van der Waals surface area (Å²) in [6, 6.07) is 0.607. The average molecular weight is 235 g/mol. The van der Waals surface area contributed by atoms with Gasteiger partial charge in [0.15, 0.2) is 0 Å². The molecule has 3 nitrogen and oxygen atoms in total. The van der Waals surface area contributed by atoms with Crippen LogP contribution in [0, 0.1) is 0 Å². The first kappa shape index (κ1) is 10.5. The zero-order chi connectivity index (χ0) is 10.8. The molecule has 1 aromatic rings. The Morgan fingerprint density at radius 1 is 1.50 bits per heavy atom. The van der Waals surface area contributed by atoms with Crippen molar-refractivity contribution < 1.29 is 0 Å². The van der Waals surface area contributed by atoms with Gasteiger partial charge in [0.05, 0.1) is 0 Å². The minimum atomic E-state index is 0.607. The summed E-state index contributed by atoms with van der Waals surface area (Å²) in [7, 11) is 0. The summed E-state index contributed by atoms with van der Waals surface area (Å²) in [5, 5.41) is 3.50. The van der Waals surface area contributed by atoms with E-state index in [1.165, 1.54) is 29.9 Å². The highest BCUT2D eigenvalue weighted by molar-refractivity contribution is 7.98. The van der Waals surface area contributed by atoms with Crippen molar-refractivity contribution in [3.63, 3.8) is 0 Å². The second-order valence-electron chi connectivity index (χ2n) is 4.56. The van der Waals surface area contributed by atoms with Crippen LogP contribution in [0.2, 0.25) is 0 Å². The van der Waals surface area contributed by atoms with Crippen LogP contribution in [0.25, 0.3) is 0 Å². The van der Waals surface area contributed by atoms with Crippen LogP contribution in [0.5, 0.6) is 0 Å². The van der Waals surface area contributed by atoms with Gasteiger partial charge < -0.3 is 5.32 Å². The van der Waals surface area contributed by atoms with Gasteiger partial charge in [0.1, 0.15) is 5.82 Å². The smallest absolute Gasteiger partial charge is 0.130 e. The topological polar surface area (TPSA) is 37.8 Å². The van der Waals surface area contributed by atoms with Crippen molar-refractivity contribution in [2.24, 2.45) is 0 Å². The van der Waals surface area contributed by atoms with Gasteiger partial charge in [-0.2, -0.15) is 11.8 Å². The van der Waals surface area contributed by atoms with Gasteiger partial charge in [-0.05, 0) is 31.6 Å². The van der Waals surface area contributed by atoms with Gasteiger partial charge in [0.25, 0.3) is 0 Å². The van der Waals surface area contributed by atoms with Crippen molar-refractivity contribution >= 4 is 11.8 Å². The van der Waals surface area contributed by atoms with Crippen molar-refractivity contribution in [1.29, 1.82) is 0 Å². The predicted molar refractivity (Wildman–Crippen MR) is 66.6 cm³/mol. The van der Waals surface area contributed by atoms with Gasteiger partial charge in [0, 0.05) is 35.7 Å². The highest BCUT2D eigenvalue weighted by Crippen LogP contribution is 2.22. The zero-order valence-electron chi connectivity index (χ0n) is 9.41. The molecule has 86 valence electrons. The lowest BCUT2D eigenvalue weighted by Gasteiger charge is -2.15. The molecule has 0 amide bonds. The van der Waals surface area contributed by atoms with Gasteiger partial charge in [0.2, 0.25) is 0 Å². The van der Waals surface area contributed by atoms with E-state index in [4.69, 9.17) is 4.98 Å². The molecule has 1 unspecified atom stereocenters. The summed E-state index contributed by atoms with van der Waals surface area (Å²) in [6.45, 7) is 1.16. The maximum absolute atomic E-state index is 4.71. The molecular formula is C12H17N3S. The van der Waals surface area contributed by atoms with Crippen molar-refractivity contribution in [3.05, 3.63) is 23.3 Å². The highest BCUT2D eigenvalue weighted by atomic mass is 32.2. The van der Waals surface area contributed by atoms with Crippen LogP contribution in [-0.4, -0.2) is 28.3 Å². The first-order valence-electron chi connectivity index (χ1n) is 6.06. The lowest BCUT2D eigenvalue weighted by atomic mass is 10.1. The third-order valence-corrected chi connectivity index (χ3v) is 4.34. The quantitative estimate of drug-likeness (QED) is 0.844. The van der Waals surface area contributed by atoms with Crippen molar-refractivity contribution in [2.45, 2.75) is 37.5 Å². The standard InChI is InChI=1S/C12H17N3S/c1-2-10(13-4-1)6-12-14-7-9-8-16-5-3-11(9)15-12/h7,10,13H,1-6,8H2. The number of rotatable bonds is 2. The van der Waals surface area contributed by atoms with E-state index in [0.717, 1.165) is 31.0 Å². The number of hydrogen-bond donors (Lipinski definition) is 1. The Morgan fingerprint density at radius 2 is 2.50 bits per heavy atom. The van der Waals surface area contributed by atoms with Crippen LogP contribution >= 0.6 is 11.8 Å². The number of fused-ring (bicyclic) bond motifs is 1. The minimum absolute atomic E-state index is 0.607. The van der Waals surface area contributed by atoms with Crippen LogP contribution in [0.4, 0.5) is 0 Å². The van der Waals surface area contributed by atoms with Crippen molar-refractivity contribution in [3.8, 4) is 0 Å². The molecule has 2 aliphatic rings. The Hall–Kier alpha value is -0.610. The molecule has 1 atom stereocenters. The first-order chi connectivity index (χ1) is 7.92. The van der Waals surface area contributed by atoms with Crippen molar-refractivity contribution in [2.75, 3.05) is 12.3 Å². The number of hydrogen-bond acceptors (Lipinski definition) is 4. The molecule has 4 heteroatoms. The van der Waals surface area contributed by atoms with Crippen LogP contribution in [0.1, 0.15) is 29.9 Å². The maximum atomic E-state index is 4.71. The average Bonchev–Trinajstić information content (AvgIpc) is 2.82. The number of aromatic nitrogens is 2. The summed E-state index contributed by atoms with van der Waals surface area (Å²) in [6.07, 6.45) is 6.73. The SMILES string of the molecule is c1nc(CC2CCCN2)nc2c1CSCC2. The molecule has 1 fully saturated rings. The molecule has 0 aliphatic carbocycles. The molecule has 0 spiro atoms. The molecule has 0 aromatic carbocycles. The highest BCUT2D eigenvalue weighted by Gasteiger charge is 2.17. The molecule has 1 N–H and O–H groups in total. The molecular weight excluding hydrogens is 218 g/mol. The van der Waals surface area contributed by atoms with Crippen LogP contribution in [-0.2, 0) is 18.6 Å². The molecule has 3 heterocycles. The van der Waals surface area contributed by atoms with E-state index in [1.54, 1.807) is 0 Å². The summed E-state index contributed by atoms with van der Waals surface area (Å²) in [4.78, 5) is 9.20. The number of aryl methyl sites for hydroxylation is 1. The Labute approximate surface area is 100 Å². The second-order valence-corrected chi connectivity index (χ2v) is 5.66. The van der Waals surface area contributed by atoms with E-state index in [-0.39, 0.29) is 0 Å². The number of thioether (sulfide) groups is 1. The van der Waals surface area contributed by atoms with Crippen LogP contribution in [0.3, 0.4) is 0 Å². The Balaban J connectivity index is 1.74. The fourth-order valence-corrected chi connectivity index (χ4v) is 3.36. The number of nitrogens with one attached hydrogen (secondary N) is 1. The monoisotopic (exact) mass is 235 g/mol. The third-order valence-electron chi connectivity index (χ3n) is 3.34. The lowest BCUT2D eigenvalue weighted by molar-refractivity contribution is 0.582. The molecule has 0 saturated carbocycles. The fraction of sp³-hybridized carbons (Fsp3) is 0.667. The van der Waals surface area contributed by atoms with E-state index in [9.17, 15) is 0 Å². The van der Waals surface area contributed by atoms with Gasteiger partial charge in [-0.25, -0.2) is 9.97 Å². The fourth-order valence-electron chi connectivity index (χ4n) is 2.42. The summed E-state index contributed by atoms with van der Waals surface area (Å²) in [5.74, 6) is 3.34. The summed E-state index contributed by atoms with van der Waals surface area (Å²) >= 11 is 1.98. The van der Waals surface area contributed by atoms with E-state index < -0.39 is 0 Å². The lowest BCUT2D eigenvalue weighted by Crippen LogP contribution is -2.25. The van der Waals surface area contributed by atoms with Gasteiger partial charge >= 0.3 is 0 Å². The zero-order valence-corrected chi connectivity index (χ0v) is 10.2. The molecule has 1 aromatic heterocycles. The van der Waals surface area contributed by atoms with E-state index >= 15 is 0 Å². The van der Waals surface area contributed by atoms with Crippen LogP contribution < -0.4 is 5.32 Å². The van der Waals surface area contributed by atoms with Crippen molar-refractivity contribution in [1.82, 2.24) is 15.3 Å². The largest absolute Gasteiger partial charge is 0.314 e. The van der Waals surface area contributed by atoms with E-state index in [1.807, 2.05) is 18.0 Å². The molecule has 1 saturated heterocycles. The van der Waals surface area contributed by atoms with E-state index in [0.29, 0.717) is 6.04 Å². The number of nitrogens with zero attached hydrogens (tertiary/aromatic N) is 2. The molecule has 0 radical (unpaired) electrons. The van der Waals surface area contributed by atoms with Crippen LogP contribution in [0.15, 0.2) is 6.20 Å². The van der Waals surface area contributed by atoms with E-state index in [2.05, 4.69) is 10.3 Å². The molecule has 2 aliphatic heterocycles. The Morgan fingerprint density at radius 3 is 3.38 bits per heavy atom. The van der Waals surface area contributed by atoms with Gasteiger partial charge in [-0.1, -0.05) is 0 Å². The maximum Gasteiger partial charge on any atom is 0.130 e. The second kappa shape index (κ2) is 4.72. The van der Waals surface area contributed by atoms with Gasteiger partial charge in [-0.15, -0.1) is 0 Å². The third kappa shape index (κ3) is 2.23. The predicted octanol–water partition coefficient (Wildman–Crippen LogP) is 1.56. The Bertz CT molecular complexity index is 375. The summed E-state index contributed by atoms with van der Waals surface area (Å²) in [5.41, 5.74) is 2.64. The summed E-state index contributed by atoms with van der Waals surface area (Å²) < 4.78 is 0. The normalized spacial score (nSPS) is 24.4. The van der Waals surface area contributed by atoms with Gasteiger partial charge in [-0.3, -0.25) is 0 Å². The molecule has 3 rings (SSSR count).